The number of H-pyrrole nitrogens is 1. The number of aromatic amines is 1. The molecule has 2 aromatic rings. The van der Waals surface area contributed by atoms with Crippen LogP contribution >= 0.6 is 0 Å². The smallest absolute Gasteiger partial charge is 0.271 e. The molecule has 8 nitrogen and oxygen atoms in total. The molecular weight excluding hydrogens is 356 g/mol. The molecule has 2 N–H and O–H groups in total. The fourth-order valence-corrected chi connectivity index (χ4v) is 4.10. The van der Waals surface area contributed by atoms with Crippen molar-refractivity contribution in [2.24, 2.45) is 13.0 Å². The number of nitrogens with zero attached hydrogens (tertiary/aromatic N) is 5. The number of carbonyl (C=O) groups excluding carboxylic acids is 1. The lowest BCUT2D eigenvalue weighted by Gasteiger charge is -2.34. The standard InChI is InChI=1S/C20H32N6O2/c1-13(27)11-26-8-6-16(7-9-26)12-24(4)20(28)18-10-17(21-22-18)19-14(2)23-25(5)15(19)3/h10,13,16,27H,6-9,11-12H2,1-5H3,(H,21,22). The Morgan fingerprint density at radius 1 is 1.39 bits per heavy atom. The molecule has 1 aliphatic rings. The van der Waals surface area contributed by atoms with Crippen molar-refractivity contribution in [3.05, 3.63) is 23.1 Å². The van der Waals surface area contributed by atoms with Gasteiger partial charge in [0.15, 0.2) is 0 Å². The van der Waals surface area contributed by atoms with Crippen LogP contribution in [-0.4, -0.2) is 80.1 Å². The van der Waals surface area contributed by atoms with Crippen molar-refractivity contribution < 1.29 is 9.90 Å². The Balaban J connectivity index is 1.60. The SMILES string of the molecule is Cc1nn(C)c(C)c1-c1cc(C(=O)N(C)CC2CCN(CC(C)O)CC2)[nH]n1. The first-order valence-electron chi connectivity index (χ1n) is 9.98. The van der Waals surface area contributed by atoms with E-state index in [0.29, 0.717) is 11.6 Å². The fourth-order valence-electron chi connectivity index (χ4n) is 4.10. The van der Waals surface area contributed by atoms with Crippen LogP contribution in [0.4, 0.5) is 0 Å². The van der Waals surface area contributed by atoms with Crippen molar-refractivity contribution >= 4 is 5.91 Å². The normalized spacial score (nSPS) is 17.1. The van der Waals surface area contributed by atoms with Crippen LogP contribution < -0.4 is 0 Å². The number of aliphatic hydroxyl groups excluding tert-OH is 1. The Morgan fingerprint density at radius 3 is 2.64 bits per heavy atom. The lowest BCUT2D eigenvalue weighted by Crippen LogP contribution is -2.41. The summed E-state index contributed by atoms with van der Waals surface area (Å²) in [6, 6.07) is 1.82. The highest BCUT2D eigenvalue weighted by atomic mass is 16.3. The number of aromatic nitrogens is 4. The third-order valence-electron chi connectivity index (χ3n) is 5.68. The van der Waals surface area contributed by atoms with Gasteiger partial charge in [-0.15, -0.1) is 0 Å². The summed E-state index contributed by atoms with van der Waals surface area (Å²) in [5.41, 5.74) is 4.17. The summed E-state index contributed by atoms with van der Waals surface area (Å²) in [7, 11) is 3.76. The van der Waals surface area contributed by atoms with Crippen LogP contribution in [0, 0.1) is 19.8 Å². The van der Waals surface area contributed by atoms with Gasteiger partial charge >= 0.3 is 0 Å². The molecule has 2 aromatic heterocycles. The minimum atomic E-state index is -0.289. The van der Waals surface area contributed by atoms with Crippen LogP contribution in [0.25, 0.3) is 11.3 Å². The Labute approximate surface area is 166 Å². The van der Waals surface area contributed by atoms with E-state index in [1.165, 1.54) is 0 Å². The Morgan fingerprint density at radius 2 is 2.07 bits per heavy atom. The number of carbonyl (C=O) groups is 1. The van der Waals surface area contributed by atoms with Crippen LogP contribution in [0.2, 0.25) is 0 Å². The second-order valence-corrected chi connectivity index (χ2v) is 8.11. The van der Waals surface area contributed by atoms with E-state index in [0.717, 1.165) is 61.7 Å². The van der Waals surface area contributed by atoms with E-state index in [1.54, 1.807) is 4.90 Å². The Bertz CT molecular complexity index is 817. The van der Waals surface area contributed by atoms with E-state index < -0.39 is 0 Å². The molecule has 1 saturated heterocycles. The Hall–Kier alpha value is -2.19. The molecule has 0 aliphatic carbocycles. The first-order chi connectivity index (χ1) is 13.3. The average Bonchev–Trinajstić information content (AvgIpc) is 3.20. The van der Waals surface area contributed by atoms with Crippen molar-refractivity contribution in [2.45, 2.75) is 39.7 Å². The Kier molecular flexibility index (Phi) is 6.20. The van der Waals surface area contributed by atoms with E-state index in [-0.39, 0.29) is 12.0 Å². The molecule has 154 valence electrons. The predicted octanol–water partition coefficient (Wildman–Crippen LogP) is 1.59. The third-order valence-corrected chi connectivity index (χ3v) is 5.68. The topological polar surface area (TPSA) is 90.3 Å². The molecule has 0 bridgehead atoms. The average molecular weight is 389 g/mol. The number of aliphatic hydroxyl groups is 1. The van der Waals surface area contributed by atoms with Gasteiger partial charge in [0.2, 0.25) is 0 Å². The number of nitrogens with one attached hydrogen (secondary N) is 1. The minimum Gasteiger partial charge on any atom is -0.392 e. The number of hydrogen-bond donors (Lipinski definition) is 2. The second-order valence-electron chi connectivity index (χ2n) is 8.11. The lowest BCUT2D eigenvalue weighted by atomic mass is 9.96. The summed E-state index contributed by atoms with van der Waals surface area (Å²) in [5.74, 6) is 0.453. The maximum atomic E-state index is 12.8. The monoisotopic (exact) mass is 388 g/mol. The molecule has 1 atom stereocenters. The molecule has 0 radical (unpaired) electrons. The predicted molar refractivity (Wildman–Crippen MR) is 108 cm³/mol. The van der Waals surface area contributed by atoms with Crippen LogP contribution in [0.3, 0.4) is 0 Å². The highest BCUT2D eigenvalue weighted by Crippen LogP contribution is 2.25. The third kappa shape index (κ3) is 4.44. The summed E-state index contributed by atoms with van der Waals surface area (Å²) < 4.78 is 1.83. The molecule has 1 unspecified atom stereocenters. The van der Waals surface area contributed by atoms with E-state index >= 15 is 0 Å². The maximum absolute atomic E-state index is 12.8. The summed E-state index contributed by atoms with van der Waals surface area (Å²) in [4.78, 5) is 16.9. The van der Waals surface area contributed by atoms with Gasteiger partial charge in [0.25, 0.3) is 5.91 Å². The highest BCUT2D eigenvalue weighted by Gasteiger charge is 2.24. The van der Waals surface area contributed by atoms with Gasteiger partial charge in [-0.05, 0) is 58.7 Å². The number of hydrogen-bond acceptors (Lipinski definition) is 5. The molecule has 0 aromatic carbocycles. The lowest BCUT2D eigenvalue weighted by molar-refractivity contribution is 0.0698. The van der Waals surface area contributed by atoms with Crippen LogP contribution in [0.15, 0.2) is 6.07 Å². The van der Waals surface area contributed by atoms with Crippen LogP contribution in [0.5, 0.6) is 0 Å². The quantitative estimate of drug-likeness (QED) is 0.784. The zero-order valence-electron chi connectivity index (χ0n) is 17.6. The van der Waals surface area contributed by atoms with Gasteiger partial charge in [0, 0.05) is 38.4 Å². The summed E-state index contributed by atoms with van der Waals surface area (Å²) >= 11 is 0. The zero-order chi connectivity index (χ0) is 20.4. The summed E-state index contributed by atoms with van der Waals surface area (Å²) in [6.45, 7) is 9.20. The minimum absolute atomic E-state index is 0.0376. The molecule has 1 fully saturated rings. The number of aryl methyl sites for hydroxylation is 2. The fraction of sp³-hybridized carbons (Fsp3) is 0.650. The van der Waals surface area contributed by atoms with Crippen LogP contribution in [-0.2, 0) is 7.05 Å². The van der Waals surface area contributed by atoms with Gasteiger partial charge in [0.05, 0.1) is 17.5 Å². The first-order valence-corrected chi connectivity index (χ1v) is 9.98. The van der Waals surface area contributed by atoms with Crippen molar-refractivity contribution in [3.63, 3.8) is 0 Å². The summed E-state index contributed by atoms with van der Waals surface area (Å²) in [5, 5.41) is 21.2. The maximum Gasteiger partial charge on any atom is 0.271 e. The molecule has 28 heavy (non-hydrogen) atoms. The van der Waals surface area contributed by atoms with Gasteiger partial charge in [0.1, 0.15) is 5.69 Å². The molecule has 0 spiro atoms. The van der Waals surface area contributed by atoms with Crippen molar-refractivity contribution in [1.82, 2.24) is 29.8 Å². The van der Waals surface area contributed by atoms with Crippen molar-refractivity contribution in [2.75, 3.05) is 33.2 Å². The first kappa shape index (κ1) is 20.5. The number of rotatable bonds is 6. The van der Waals surface area contributed by atoms with Crippen molar-refractivity contribution in [3.8, 4) is 11.3 Å². The molecule has 3 rings (SSSR count). The number of piperidine rings is 1. The number of amides is 1. The van der Waals surface area contributed by atoms with E-state index in [2.05, 4.69) is 20.2 Å². The number of likely N-dealkylation sites (tertiary alicyclic amines) is 1. The number of β-amino-alcohol motifs (C(OH)–C–C–N with tert-alkyl or cyclic N) is 1. The van der Waals surface area contributed by atoms with E-state index in [9.17, 15) is 9.90 Å². The van der Waals surface area contributed by atoms with Gasteiger partial charge in [-0.1, -0.05) is 0 Å². The van der Waals surface area contributed by atoms with Gasteiger partial charge in [-0.2, -0.15) is 10.2 Å². The van der Waals surface area contributed by atoms with Gasteiger partial charge in [-0.25, -0.2) is 0 Å². The molecule has 8 heteroatoms. The van der Waals surface area contributed by atoms with Gasteiger partial charge < -0.3 is 14.9 Å². The van der Waals surface area contributed by atoms with Crippen LogP contribution in [0.1, 0.15) is 41.6 Å². The molecule has 3 heterocycles. The largest absolute Gasteiger partial charge is 0.392 e. The summed E-state index contributed by atoms with van der Waals surface area (Å²) in [6.07, 6.45) is 1.81. The highest BCUT2D eigenvalue weighted by molar-refractivity contribution is 5.93. The van der Waals surface area contributed by atoms with E-state index in [1.807, 2.05) is 45.6 Å². The van der Waals surface area contributed by atoms with E-state index in [4.69, 9.17) is 0 Å². The second kappa shape index (κ2) is 8.45. The molecule has 0 saturated carbocycles. The zero-order valence-corrected chi connectivity index (χ0v) is 17.6. The van der Waals surface area contributed by atoms with Gasteiger partial charge in [-0.3, -0.25) is 14.6 Å². The molecule has 1 amide bonds. The molecular formula is C20H32N6O2. The molecule has 1 aliphatic heterocycles. The van der Waals surface area contributed by atoms with Crippen molar-refractivity contribution in [1.29, 1.82) is 0 Å².